The molecule has 0 bridgehead atoms. The third kappa shape index (κ3) is 26.2. The standard InChI is InChI=1S/C16H15F2N.C16H9F2N.C16H16FN.C16H10FN.C16H17N.C16H11N/c2*1-11-4-6-12(7-5-11)13-9-15(17)14(3-2-8-19)16(18)10-13;2*1-12-4-6-13(7-5-12)15-9-8-14(3-2-10-18)16(17)11-15;2*1-13-4-8-15(9-5-13)16-10-6-14(7-11-16)3-2-12-17/h9-12H,4-7H2,1H3;4-7,9-10H,1H3;8-9,11-13H,4-7H2,1H3;4-9,11H,1H3;6-7,10-11,13,15H,4-5,8-9H2,1H3;4-11H,1H3. The summed E-state index contributed by atoms with van der Waals surface area (Å²) >= 11 is 0. The predicted molar refractivity (Wildman–Crippen MR) is 415 cm³/mol. The van der Waals surface area contributed by atoms with E-state index in [1.165, 1.54) is 91.6 Å². The summed E-state index contributed by atoms with van der Waals surface area (Å²) in [6.07, 6.45) is 14.2. The smallest absolute Gasteiger partial charge is 0.152 e. The average Bonchev–Trinajstić information content (AvgIpc) is 0.825. The summed E-state index contributed by atoms with van der Waals surface area (Å²) in [5.74, 6) is 28.4. The van der Waals surface area contributed by atoms with Gasteiger partial charge in [-0.1, -0.05) is 197 Å². The van der Waals surface area contributed by atoms with Crippen molar-refractivity contribution < 1.29 is 26.3 Å². The van der Waals surface area contributed by atoms with E-state index >= 15 is 0 Å². The number of benzene rings is 9. The van der Waals surface area contributed by atoms with E-state index in [-0.39, 0.29) is 28.4 Å². The number of rotatable bonds is 6. The molecule has 0 saturated heterocycles. The van der Waals surface area contributed by atoms with E-state index < -0.39 is 29.1 Å². The zero-order valence-electron chi connectivity index (χ0n) is 61.2. The highest BCUT2D eigenvalue weighted by Crippen LogP contribution is 2.39. The van der Waals surface area contributed by atoms with Crippen LogP contribution in [0.15, 0.2) is 182 Å². The van der Waals surface area contributed by atoms with Gasteiger partial charge in [-0.15, -0.1) is 0 Å². The molecule has 9 aromatic carbocycles. The topological polar surface area (TPSA) is 143 Å². The highest BCUT2D eigenvalue weighted by Gasteiger charge is 2.24. The first-order valence-corrected chi connectivity index (χ1v) is 35.6. The average molecular weight is 1430 g/mol. The van der Waals surface area contributed by atoms with Crippen molar-refractivity contribution in [1.82, 2.24) is 0 Å². The molecular weight excluding hydrogens is 1350 g/mol. The fraction of sp³-hybridized carbons (Fsp3) is 0.250. The van der Waals surface area contributed by atoms with E-state index in [1.807, 2.05) is 117 Å². The number of hydrogen-bond donors (Lipinski definition) is 0. The summed E-state index contributed by atoms with van der Waals surface area (Å²) in [5, 5.41) is 50.1. The van der Waals surface area contributed by atoms with Crippen LogP contribution in [-0.4, -0.2) is 0 Å². The van der Waals surface area contributed by atoms with Crippen molar-refractivity contribution in [2.75, 3.05) is 0 Å². The molecule has 0 aromatic heterocycles. The van der Waals surface area contributed by atoms with Crippen LogP contribution in [0.5, 0.6) is 0 Å². The lowest BCUT2D eigenvalue weighted by molar-refractivity contribution is 0.346. The number of aryl methyl sites for hydroxylation is 3. The van der Waals surface area contributed by atoms with E-state index in [9.17, 15) is 26.3 Å². The van der Waals surface area contributed by atoms with Gasteiger partial charge in [-0.2, -0.15) is 31.6 Å². The second-order valence-corrected chi connectivity index (χ2v) is 26.9. The Labute approximate surface area is 633 Å². The molecule has 0 radical (unpaired) electrons. The largest absolute Gasteiger partial charge is 0.206 e. The second-order valence-electron chi connectivity index (χ2n) is 26.9. The molecule has 12 rings (SSSR count). The lowest BCUT2D eigenvalue weighted by atomic mass is 9.79. The van der Waals surface area contributed by atoms with Crippen LogP contribution in [0.4, 0.5) is 26.3 Å². The van der Waals surface area contributed by atoms with Crippen LogP contribution in [-0.2, 0) is 0 Å². The molecule has 3 aliphatic carbocycles. The molecule has 3 aliphatic rings. The first kappa shape index (κ1) is 82.1. The number of halogens is 6. The Bertz CT molecular complexity index is 5210. The Morgan fingerprint density at radius 1 is 0.250 bits per heavy atom. The van der Waals surface area contributed by atoms with Gasteiger partial charge < -0.3 is 0 Å². The van der Waals surface area contributed by atoms with E-state index in [1.54, 1.807) is 54.6 Å². The minimum Gasteiger partial charge on any atom is -0.206 e. The highest BCUT2D eigenvalue weighted by atomic mass is 19.2. The molecule has 0 aliphatic heterocycles. The second kappa shape index (κ2) is 43.2. The van der Waals surface area contributed by atoms with Gasteiger partial charge >= 0.3 is 0 Å². The summed E-state index contributed by atoms with van der Waals surface area (Å²) in [6.45, 7) is 12.8. The van der Waals surface area contributed by atoms with Crippen molar-refractivity contribution in [3.63, 3.8) is 0 Å². The summed E-state index contributed by atoms with van der Waals surface area (Å²) in [4.78, 5) is 0. The molecule has 0 amide bonds. The fourth-order valence-electron chi connectivity index (χ4n) is 12.7. The van der Waals surface area contributed by atoms with Gasteiger partial charge in [-0.3, -0.25) is 0 Å². The molecule has 0 unspecified atom stereocenters. The molecule has 534 valence electrons. The van der Waals surface area contributed by atoms with Gasteiger partial charge in [-0.05, 0) is 241 Å². The van der Waals surface area contributed by atoms with E-state index in [2.05, 4.69) is 123 Å². The van der Waals surface area contributed by atoms with Crippen LogP contribution in [0, 0.1) is 212 Å². The Morgan fingerprint density at radius 3 is 0.880 bits per heavy atom. The van der Waals surface area contributed by atoms with Gasteiger partial charge in [-0.25, -0.2) is 26.3 Å². The third-order valence-corrected chi connectivity index (χ3v) is 19.0. The van der Waals surface area contributed by atoms with Crippen molar-refractivity contribution in [3.8, 4) is 141 Å². The van der Waals surface area contributed by atoms with Crippen LogP contribution in [0.2, 0.25) is 0 Å². The normalized spacial score (nSPS) is 15.9. The molecule has 9 aromatic rings. The van der Waals surface area contributed by atoms with Crippen LogP contribution >= 0.6 is 0 Å². The maximum absolute atomic E-state index is 13.8. The van der Waals surface area contributed by atoms with E-state index in [0.717, 1.165) is 106 Å². The van der Waals surface area contributed by atoms with Gasteiger partial charge in [0, 0.05) is 46.6 Å². The quantitative estimate of drug-likeness (QED) is 0.120. The van der Waals surface area contributed by atoms with Gasteiger partial charge in [0.1, 0.15) is 34.9 Å². The van der Waals surface area contributed by atoms with Crippen molar-refractivity contribution in [2.45, 2.75) is 136 Å². The molecule has 108 heavy (non-hydrogen) atoms. The lowest BCUT2D eigenvalue weighted by Crippen LogP contribution is -2.11. The molecule has 0 heterocycles. The monoisotopic (exact) mass is 1430 g/mol. The Balaban J connectivity index is 0.000000181. The third-order valence-electron chi connectivity index (χ3n) is 19.0. The Hall–Kier alpha value is -13.1. The van der Waals surface area contributed by atoms with Crippen molar-refractivity contribution in [2.24, 2.45) is 17.8 Å². The van der Waals surface area contributed by atoms with Crippen LogP contribution in [0.3, 0.4) is 0 Å². The van der Waals surface area contributed by atoms with Crippen LogP contribution < -0.4 is 0 Å². The maximum atomic E-state index is 13.8. The van der Waals surface area contributed by atoms with Crippen molar-refractivity contribution >= 4 is 0 Å². The zero-order valence-corrected chi connectivity index (χ0v) is 61.2. The van der Waals surface area contributed by atoms with Crippen molar-refractivity contribution in [1.29, 1.82) is 31.6 Å². The molecule has 0 atom stereocenters. The molecule has 6 nitrogen and oxygen atoms in total. The van der Waals surface area contributed by atoms with Gasteiger partial charge in [0.05, 0.1) is 22.3 Å². The number of nitrogens with zero attached hydrogens (tertiary/aromatic N) is 6. The molecule has 0 N–H and O–H groups in total. The molecule has 3 fully saturated rings. The predicted octanol–water partition coefficient (Wildman–Crippen LogP) is 23.0. The van der Waals surface area contributed by atoms with E-state index in [0.29, 0.717) is 28.5 Å². The molecule has 0 spiro atoms. The minimum absolute atomic E-state index is 0.234. The van der Waals surface area contributed by atoms with Gasteiger partial charge in [0.2, 0.25) is 0 Å². The molecule has 3 saturated carbocycles. The summed E-state index contributed by atoms with van der Waals surface area (Å²) in [6, 6.07) is 65.2. The minimum atomic E-state index is -0.765. The van der Waals surface area contributed by atoms with E-state index in [4.69, 9.17) is 31.6 Å². The zero-order chi connectivity index (χ0) is 77.7. The summed E-state index contributed by atoms with van der Waals surface area (Å²) in [5.41, 5.74) is 13.6. The fourth-order valence-corrected chi connectivity index (χ4v) is 12.7. The number of hydrogen-bond acceptors (Lipinski definition) is 6. The lowest BCUT2D eigenvalue weighted by Gasteiger charge is -2.26. The Kier molecular flexibility index (Phi) is 32.9. The van der Waals surface area contributed by atoms with Crippen LogP contribution in [0.25, 0.3) is 33.4 Å². The van der Waals surface area contributed by atoms with Crippen molar-refractivity contribution in [3.05, 3.63) is 284 Å². The summed E-state index contributed by atoms with van der Waals surface area (Å²) in [7, 11) is 0. The first-order valence-electron chi connectivity index (χ1n) is 35.6. The first-order chi connectivity index (χ1) is 52.2. The molecule has 12 heteroatoms. The highest BCUT2D eigenvalue weighted by molar-refractivity contribution is 5.67. The Morgan fingerprint density at radius 2 is 0.509 bits per heavy atom. The summed E-state index contributed by atoms with van der Waals surface area (Å²) < 4.78 is 82.6. The van der Waals surface area contributed by atoms with Gasteiger partial charge in [0.25, 0.3) is 0 Å². The SMILES string of the molecule is CC1CCC(c2cc(F)c(C#CC#N)c(F)c2)CC1.CC1CCC(c2ccc(C#CC#N)c(F)c2)CC1.CC1CCC(c2ccc(C#CC#N)cc2)CC1.Cc1ccc(-c2cc(F)c(C#CC#N)c(F)c2)cc1.Cc1ccc(-c2ccc(C#CC#N)c(F)c2)cc1.Cc1ccc(-c2ccc(C#CC#N)cc2)cc1. The van der Waals surface area contributed by atoms with Crippen LogP contribution in [0.1, 0.15) is 182 Å². The molecular formula is C96H78F6N6. The van der Waals surface area contributed by atoms with Gasteiger partial charge in [0.15, 0.2) is 36.4 Å². The number of nitriles is 6. The maximum Gasteiger partial charge on any atom is 0.152 e.